The summed E-state index contributed by atoms with van der Waals surface area (Å²) in [4.78, 5) is 0. The predicted molar refractivity (Wildman–Crippen MR) is 113 cm³/mol. The molecule has 0 amide bonds. The highest BCUT2D eigenvalue weighted by Crippen LogP contribution is 2.38. The maximum Gasteiger partial charge on any atom is -0.00927 e. The highest BCUT2D eigenvalue weighted by atomic mass is 31.1. The topological polar surface area (TPSA) is 23.1 Å². The first-order valence-electron chi connectivity index (χ1n) is 9.46. The minimum absolute atomic E-state index is 0.0559. The maximum absolute atomic E-state index is 13.2. The molecule has 1 nitrogen and oxygen atoms in total. The Morgan fingerprint density at radius 3 is 1.52 bits per heavy atom. The van der Waals surface area contributed by atoms with E-state index in [1.165, 1.54) is 16.7 Å². The zero-order valence-electron chi connectivity index (χ0n) is 18.3. The van der Waals surface area contributed by atoms with Crippen molar-refractivity contribution in [3.63, 3.8) is 0 Å². The molecule has 0 atom stereocenters. The van der Waals surface area contributed by atoms with Crippen LogP contribution in [0.1, 0.15) is 98.4 Å². The number of rotatable bonds is 3. The Hall–Kier alpha value is -0.650. The Balaban J connectivity index is 3.86. The lowest BCUT2D eigenvalue weighted by Crippen LogP contribution is -2.30. The van der Waals surface area contributed by atoms with Gasteiger partial charge in [-0.25, -0.2) is 0 Å². The number of benzene rings is 1. The molecule has 0 aliphatic heterocycles. The van der Waals surface area contributed by atoms with Crippen molar-refractivity contribution in [2.24, 2.45) is 5.92 Å². The molecule has 1 aromatic rings. The highest BCUT2D eigenvalue weighted by molar-refractivity contribution is 7.40. The molecule has 0 N–H and O–H groups in total. The Bertz CT molecular complexity index is 597. The second kappa shape index (κ2) is 7.53. The van der Waals surface area contributed by atoms with E-state index in [9.17, 15) is 5.11 Å². The van der Waals surface area contributed by atoms with Gasteiger partial charge in [-0.05, 0) is 50.6 Å². The molecule has 0 aliphatic rings. The zero-order chi connectivity index (χ0) is 19.8. The summed E-state index contributed by atoms with van der Waals surface area (Å²) in [6.07, 6.45) is 0.924. The third kappa shape index (κ3) is 5.93. The standard InChI is InChI=1S/C23H39OP/c1-15(2)14-25-20(24)19-17(22(6,7)8)12-16(21(3,4)5)13-18(19)23(9,10)11/h12-13,15,24H,14H2,1-11H3/p-1. The van der Waals surface area contributed by atoms with Crippen molar-refractivity contribution in [2.45, 2.75) is 92.4 Å². The summed E-state index contributed by atoms with van der Waals surface area (Å²) in [6, 6.07) is 4.57. The molecular weight excluding hydrogens is 323 g/mol. The lowest BCUT2D eigenvalue weighted by atomic mass is 9.72. The fraction of sp³-hybridized carbons (Fsp3) is 0.696. The van der Waals surface area contributed by atoms with E-state index in [0.717, 1.165) is 19.9 Å². The molecular formula is C23H38OP-. The molecule has 142 valence electrons. The molecule has 0 aromatic heterocycles. The summed E-state index contributed by atoms with van der Waals surface area (Å²) in [5, 5.41) is 13.2. The number of hydrogen-bond acceptors (Lipinski definition) is 1. The summed E-state index contributed by atoms with van der Waals surface area (Å²) >= 11 is 0. The van der Waals surface area contributed by atoms with Crippen molar-refractivity contribution in [2.75, 3.05) is 6.16 Å². The van der Waals surface area contributed by atoms with E-state index >= 15 is 0 Å². The van der Waals surface area contributed by atoms with Crippen LogP contribution in [0.15, 0.2) is 12.1 Å². The van der Waals surface area contributed by atoms with Gasteiger partial charge in [0, 0.05) is 0 Å². The average Bonchev–Trinajstić information content (AvgIpc) is 2.40. The predicted octanol–water partition coefficient (Wildman–Crippen LogP) is 6.02. The first-order chi connectivity index (χ1) is 11.0. The zero-order valence-corrected chi connectivity index (χ0v) is 19.2. The van der Waals surface area contributed by atoms with Gasteiger partial charge in [-0.1, -0.05) is 88.3 Å². The van der Waals surface area contributed by atoms with Crippen LogP contribution in [0, 0.1) is 5.92 Å². The van der Waals surface area contributed by atoms with E-state index < -0.39 is 0 Å². The van der Waals surface area contributed by atoms with E-state index in [0.29, 0.717) is 5.92 Å². The lowest BCUT2D eigenvalue weighted by Gasteiger charge is -2.36. The summed E-state index contributed by atoms with van der Waals surface area (Å²) in [6.45, 7) is 24.4. The van der Waals surface area contributed by atoms with Crippen LogP contribution in [0.2, 0.25) is 0 Å². The minimum atomic E-state index is -0.0559. The molecule has 0 saturated heterocycles. The van der Waals surface area contributed by atoms with Gasteiger partial charge in [-0.2, -0.15) is 0 Å². The van der Waals surface area contributed by atoms with Crippen LogP contribution in [0.5, 0.6) is 0 Å². The van der Waals surface area contributed by atoms with Gasteiger partial charge < -0.3 is 5.11 Å². The summed E-state index contributed by atoms with van der Waals surface area (Å²) in [7, 11) is 0.916. The molecule has 0 saturated carbocycles. The van der Waals surface area contributed by atoms with Gasteiger partial charge in [0.05, 0.1) is 0 Å². The van der Waals surface area contributed by atoms with E-state index in [1.54, 1.807) is 0 Å². The molecule has 0 spiro atoms. The Labute approximate surface area is 158 Å². The fourth-order valence-electron chi connectivity index (χ4n) is 2.83. The second-order valence-corrected chi connectivity index (χ2v) is 11.8. The van der Waals surface area contributed by atoms with Crippen molar-refractivity contribution < 1.29 is 5.11 Å². The van der Waals surface area contributed by atoms with Crippen LogP contribution in [0.4, 0.5) is 0 Å². The highest BCUT2D eigenvalue weighted by Gasteiger charge is 2.28. The van der Waals surface area contributed by atoms with Gasteiger partial charge in [-0.3, -0.25) is 0 Å². The second-order valence-electron chi connectivity index (χ2n) is 10.7. The molecule has 1 aromatic carbocycles. The minimum Gasteiger partial charge on any atom is -0.824 e. The molecule has 0 unspecified atom stereocenters. The third-order valence-electron chi connectivity index (χ3n) is 4.43. The monoisotopic (exact) mass is 361 g/mol. The van der Waals surface area contributed by atoms with Crippen LogP contribution in [-0.2, 0) is 16.2 Å². The first-order valence-corrected chi connectivity index (χ1v) is 10.5. The van der Waals surface area contributed by atoms with Crippen LogP contribution in [-0.4, -0.2) is 11.6 Å². The largest absolute Gasteiger partial charge is 0.824 e. The van der Waals surface area contributed by atoms with Gasteiger partial charge in [0.25, 0.3) is 0 Å². The van der Waals surface area contributed by atoms with Crippen LogP contribution < -0.4 is 5.11 Å². The Kier molecular flexibility index (Phi) is 6.75. The molecule has 0 bridgehead atoms. The molecule has 25 heavy (non-hydrogen) atoms. The van der Waals surface area contributed by atoms with Crippen molar-refractivity contribution >= 4 is 13.7 Å². The van der Waals surface area contributed by atoms with Crippen molar-refractivity contribution in [3.8, 4) is 0 Å². The van der Waals surface area contributed by atoms with E-state index in [1.807, 2.05) is 0 Å². The fourth-order valence-corrected chi connectivity index (χ4v) is 3.76. The van der Waals surface area contributed by atoms with E-state index in [-0.39, 0.29) is 21.7 Å². The van der Waals surface area contributed by atoms with E-state index in [2.05, 4.69) is 88.3 Å². The van der Waals surface area contributed by atoms with Crippen molar-refractivity contribution in [1.29, 1.82) is 0 Å². The van der Waals surface area contributed by atoms with E-state index in [4.69, 9.17) is 0 Å². The first kappa shape index (κ1) is 22.4. The summed E-state index contributed by atoms with van der Waals surface area (Å²) < 4.78 is 0. The van der Waals surface area contributed by atoms with Crippen LogP contribution in [0.3, 0.4) is 0 Å². The van der Waals surface area contributed by atoms with Crippen LogP contribution in [0.25, 0.3) is 0 Å². The Morgan fingerprint density at radius 2 is 1.24 bits per heavy atom. The summed E-state index contributed by atoms with van der Waals surface area (Å²) in [5.41, 5.74) is 4.92. The maximum atomic E-state index is 13.2. The third-order valence-corrected chi connectivity index (χ3v) is 5.86. The van der Waals surface area contributed by atoms with Gasteiger partial charge in [0.15, 0.2) is 0 Å². The quantitative estimate of drug-likeness (QED) is 0.604. The molecule has 0 heterocycles. The van der Waals surface area contributed by atoms with Crippen LogP contribution >= 0.6 is 8.20 Å². The van der Waals surface area contributed by atoms with Gasteiger partial charge in [0.2, 0.25) is 0 Å². The SMILES string of the molecule is CC(C)CP=C([O-])c1c(C(C)(C)C)cc(C(C)(C)C)cc1C(C)(C)C. The molecule has 0 radical (unpaired) electrons. The van der Waals surface area contributed by atoms with Gasteiger partial charge in [0.1, 0.15) is 0 Å². The number of hydrogen-bond donors (Lipinski definition) is 0. The van der Waals surface area contributed by atoms with Crippen molar-refractivity contribution in [1.82, 2.24) is 0 Å². The molecule has 2 heteroatoms. The lowest BCUT2D eigenvalue weighted by molar-refractivity contribution is -0.207. The van der Waals surface area contributed by atoms with Gasteiger partial charge in [-0.15, -0.1) is 13.7 Å². The molecule has 0 fully saturated rings. The normalized spacial score (nSPS) is 14.4. The molecule has 0 aliphatic carbocycles. The Morgan fingerprint density at radius 1 is 0.840 bits per heavy atom. The summed E-state index contributed by atoms with van der Waals surface area (Å²) in [5.74, 6) is 0.538. The van der Waals surface area contributed by atoms with Gasteiger partial charge >= 0.3 is 0 Å². The smallest absolute Gasteiger partial charge is 0.00927 e. The average molecular weight is 362 g/mol. The van der Waals surface area contributed by atoms with Crippen molar-refractivity contribution in [3.05, 3.63) is 34.4 Å². The molecule has 1 rings (SSSR count).